The van der Waals surface area contributed by atoms with Gasteiger partial charge >= 0.3 is 6.18 Å². The van der Waals surface area contributed by atoms with E-state index in [1.165, 1.54) is 6.07 Å². The molecule has 0 unspecified atom stereocenters. The van der Waals surface area contributed by atoms with Gasteiger partial charge in [0.05, 0.1) is 44.3 Å². The Hall–Kier alpha value is -3.20. The molecule has 1 fully saturated rings. The quantitative estimate of drug-likeness (QED) is 0.351. The van der Waals surface area contributed by atoms with E-state index in [2.05, 4.69) is 5.16 Å². The molecule has 8 heteroatoms. The first-order valence-electron chi connectivity index (χ1n) is 11.2. The number of benzene rings is 3. The third-order valence-corrected chi connectivity index (χ3v) is 5.21. The summed E-state index contributed by atoms with van der Waals surface area (Å²) in [5, 5.41) is 13.1. The van der Waals surface area contributed by atoms with Gasteiger partial charge in [-0.1, -0.05) is 71.9 Å². The Morgan fingerprint density at radius 1 is 0.886 bits per heavy atom. The van der Waals surface area contributed by atoms with Crippen molar-refractivity contribution in [3.05, 3.63) is 95.1 Å². The van der Waals surface area contributed by atoms with Gasteiger partial charge in [0, 0.05) is 0 Å². The van der Waals surface area contributed by atoms with Crippen LogP contribution in [0.15, 0.2) is 78.0 Å². The molecule has 1 heterocycles. The van der Waals surface area contributed by atoms with E-state index in [1.807, 2.05) is 0 Å². The van der Waals surface area contributed by atoms with Gasteiger partial charge in [0.1, 0.15) is 6.61 Å². The zero-order chi connectivity index (χ0) is 25.1. The van der Waals surface area contributed by atoms with Gasteiger partial charge in [-0.3, -0.25) is 0 Å². The molecule has 186 valence electrons. The van der Waals surface area contributed by atoms with Crippen molar-refractivity contribution in [1.29, 1.82) is 0 Å². The van der Waals surface area contributed by atoms with Gasteiger partial charge in [0.2, 0.25) is 0 Å². The first kappa shape index (κ1) is 26.4. The van der Waals surface area contributed by atoms with Crippen LogP contribution in [-0.2, 0) is 33.7 Å². The Labute approximate surface area is 202 Å². The van der Waals surface area contributed by atoms with E-state index < -0.39 is 11.7 Å². The number of halogens is 3. The lowest BCUT2D eigenvalue weighted by molar-refractivity contribution is -0.137. The average molecular weight is 488 g/mol. The molecule has 0 aliphatic carbocycles. The first-order valence-corrected chi connectivity index (χ1v) is 11.2. The minimum atomic E-state index is -4.48. The highest BCUT2D eigenvalue weighted by molar-refractivity contribution is 5.98. The predicted molar refractivity (Wildman–Crippen MR) is 128 cm³/mol. The van der Waals surface area contributed by atoms with E-state index in [0.717, 1.165) is 43.6 Å². The molecule has 0 aromatic heterocycles. The van der Waals surface area contributed by atoms with Crippen LogP contribution >= 0.6 is 0 Å². The van der Waals surface area contributed by atoms with Crippen LogP contribution < -0.4 is 0 Å². The van der Waals surface area contributed by atoms with Gasteiger partial charge in [0.15, 0.2) is 0 Å². The number of aliphatic hydroxyl groups excluding tert-OH is 1. The minimum Gasteiger partial charge on any atom is -0.392 e. The minimum absolute atomic E-state index is 0.0481. The van der Waals surface area contributed by atoms with Crippen LogP contribution in [0, 0.1) is 0 Å². The SMILES string of the molecule is C1COCCO1.CC(=NOCc1ccc(-c2ccccc2)c(C(F)(F)F)c1)c1ccc(CO)cc1. The Morgan fingerprint density at radius 3 is 2.03 bits per heavy atom. The summed E-state index contributed by atoms with van der Waals surface area (Å²) in [6.45, 7) is 4.73. The number of aliphatic hydroxyl groups is 1. The van der Waals surface area contributed by atoms with Crippen molar-refractivity contribution in [2.45, 2.75) is 26.3 Å². The monoisotopic (exact) mass is 487 g/mol. The molecule has 35 heavy (non-hydrogen) atoms. The van der Waals surface area contributed by atoms with Crippen LogP contribution in [0.5, 0.6) is 0 Å². The summed E-state index contributed by atoms with van der Waals surface area (Å²) in [7, 11) is 0. The maximum absolute atomic E-state index is 13.6. The largest absolute Gasteiger partial charge is 0.417 e. The van der Waals surface area contributed by atoms with Crippen molar-refractivity contribution in [3.63, 3.8) is 0 Å². The summed E-state index contributed by atoms with van der Waals surface area (Å²) in [5.41, 5.74) is 2.48. The summed E-state index contributed by atoms with van der Waals surface area (Å²) in [6.07, 6.45) is -4.48. The lowest BCUT2D eigenvalue weighted by atomic mass is 9.97. The topological polar surface area (TPSA) is 60.3 Å². The maximum Gasteiger partial charge on any atom is 0.417 e. The Bertz CT molecular complexity index is 1070. The average Bonchev–Trinajstić information content (AvgIpc) is 2.90. The van der Waals surface area contributed by atoms with Gasteiger partial charge < -0.3 is 19.4 Å². The molecule has 3 aromatic rings. The number of hydrogen-bond acceptors (Lipinski definition) is 5. The van der Waals surface area contributed by atoms with Crippen molar-refractivity contribution in [1.82, 2.24) is 0 Å². The van der Waals surface area contributed by atoms with Gasteiger partial charge in [-0.15, -0.1) is 0 Å². The number of nitrogens with zero attached hydrogens (tertiary/aromatic N) is 1. The number of ether oxygens (including phenoxy) is 2. The maximum atomic E-state index is 13.6. The summed E-state index contributed by atoms with van der Waals surface area (Å²) in [4.78, 5) is 5.28. The van der Waals surface area contributed by atoms with E-state index >= 15 is 0 Å². The highest BCUT2D eigenvalue weighted by Gasteiger charge is 2.34. The molecule has 3 aromatic carbocycles. The van der Waals surface area contributed by atoms with Crippen LogP contribution in [-0.4, -0.2) is 37.2 Å². The molecule has 1 saturated heterocycles. The van der Waals surface area contributed by atoms with Gasteiger partial charge in [-0.2, -0.15) is 13.2 Å². The molecule has 0 saturated carbocycles. The Morgan fingerprint density at radius 2 is 1.49 bits per heavy atom. The molecule has 0 amide bonds. The molecule has 0 spiro atoms. The molecule has 4 rings (SSSR count). The smallest absolute Gasteiger partial charge is 0.392 e. The third kappa shape index (κ3) is 8.20. The summed E-state index contributed by atoms with van der Waals surface area (Å²) in [6, 6.07) is 19.8. The molecule has 5 nitrogen and oxygen atoms in total. The van der Waals surface area contributed by atoms with Crippen LogP contribution in [0.1, 0.15) is 29.2 Å². The highest BCUT2D eigenvalue weighted by Crippen LogP contribution is 2.37. The molecular weight excluding hydrogens is 459 g/mol. The number of hydrogen-bond donors (Lipinski definition) is 1. The van der Waals surface area contributed by atoms with Gasteiger partial charge in [-0.05, 0) is 40.8 Å². The molecule has 1 aliphatic heterocycles. The number of rotatable bonds is 6. The van der Waals surface area contributed by atoms with Crippen molar-refractivity contribution < 1.29 is 32.6 Å². The Kier molecular flexibility index (Phi) is 9.84. The molecule has 0 radical (unpaired) electrons. The van der Waals surface area contributed by atoms with E-state index in [0.29, 0.717) is 16.8 Å². The molecule has 0 atom stereocenters. The van der Waals surface area contributed by atoms with Crippen molar-refractivity contribution in [3.8, 4) is 11.1 Å². The van der Waals surface area contributed by atoms with Crippen LogP contribution in [0.3, 0.4) is 0 Å². The molecular formula is C27H28F3NO4. The summed E-state index contributed by atoms with van der Waals surface area (Å²) < 4.78 is 50.6. The molecule has 1 aliphatic rings. The van der Waals surface area contributed by atoms with Crippen molar-refractivity contribution in [2.75, 3.05) is 26.4 Å². The van der Waals surface area contributed by atoms with Crippen LogP contribution in [0.2, 0.25) is 0 Å². The summed E-state index contributed by atoms with van der Waals surface area (Å²) >= 11 is 0. The van der Waals surface area contributed by atoms with E-state index in [4.69, 9.17) is 19.4 Å². The molecule has 1 N–H and O–H groups in total. The molecule has 0 bridgehead atoms. The fourth-order valence-corrected chi connectivity index (χ4v) is 3.33. The second-order valence-corrected chi connectivity index (χ2v) is 7.77. The number of alkyl halides is 3. The first-order chi connectivity index (χ1) is 16.9. The lowest BCUT2D eigenvalue weighted by Crippen LogP contribution is -2.16. The van der Waals surface area contributed by atoms with E-state index in [9.17, 15) is 13.2 Å². The van der Waals surface area contributed by atoms with E-state index in [-0.39, 0.29) is 18.8 Å². The number of oxime groups is 1. The van der Waals surface area contributed by atoms with Crippen LogP contribution in [0.4, 0.5) is 13.2 Å². The zero-order valence-electron chi connectivity index (χ0n) is 19.4. The normalized spacial score (nSPS) is 14.1. The van der Waals surface area contributed by atoms with Crippen LogP contribution in [0.25, 0.3) is 11.1 Å². The third-order valence-electron chi connectivity index (χ3n) is 5.21. The van der Waals surface area contributed by atoms with Gasteiger partial charge in [-0.25, -0.2) is 0 Å². The predicted octanol–water partition coefficient (Wildman–Crippen LogP) is 5.84. The fourth-order valence-electron chi connectivity index (χ4n) is 3.33. The zero-order valence-corrected chi connectivity index (χ0v) is 19.4. The van der Waals surface area contributed by atoms with Crippen molar-refractivity contribution in [2.24, 2.45) is 5.16 Å². The second-order valence-electron chi connectivity index (χ2n) is 7.77. The Balaban J connectivity index is 0.000000497. The highest BCUT2D eigenvalue weighted by atomic mass is 19.4. The van der Waals surface area contributed by atoms with E-state index in [1.54, 1.807) is 67.6 Å². The standard InChI is InChI=1S/C23H20F3NO2.C4H8O2/c1-16(19-10-7-17(14-28)8-11-19)27-29-15-18-9-12-21(20-5-3-2-4-6-20)22(13-18)23(24,25)26;1-2-6-4-3-5-1/h2-13,28H,14-15H2,1H3;1-4H2. The second kappa shape index (κ2) is 13.0. The lowest BCUT2D eigenvalue weighted by Gasteiger charge is -2.14. The van der Waals surface area contributed by atoms with Gasteiger partial charge in [0.25, 0.3) is 0 Å². The summed E-state index contributed by atoms with van der Waals surface area (Å²) in [5.74, 6) is 0. The van der Waals surface area contributed by atoms with Crippen molar-refractivity contribution >= 4 is 5.71 Å². The fraction of sp³-hybridized carbons (Fsp3) is 0.296.